The first-order chi connectivity index (χ1) is 15.2. The van der Waals surface area contributed by atoms with Crippen LogP contribution < -0.4 is 5.32 Å². The zero-order valence-corrected chi connectivity index (χ0v) is 18.7. The number of amides is 1. The Balaban J connectivity index is 1.69. The van der Waals surface area contributed by atoms with Crippen molar-refractivity contribution < 1.29 is 23.4 Å². The Kier molecular flexibility index (Phi) is 5.97. The highest BCUT2D eigenvalue weighted by Crippen LogP contribution is 2.29. The molecule has 10 nitrogen and oxygen atoms in total. The molecule has 0 aliphatic carbocycles. The summed E-state index contributed by atoms with van der Waals surface area (Å²) in [7, 11) is -3.91. The predicted molar refractivity (Wildman–Crippen MR) is 119 cm³/mol. The van der Waals surface area contributed by atoms with Crippen LogP contribution in [0.4, 0.5) is 10.6 Å². The second-order valence-corrected chi connectivity index (χ2v) is 9.85. The minimum atomic E-state index is -3.91. The van der Waals surface area contributed by atoms with E-state index in [1.165, 1.54) is 23.2 Å². The van der Waals surface area contributed by atoms with Gasteiger partial charge >= 0.3 is 6.09 Å². The Bertz CT molecular complexity index is 1260. The smallest absolute Gasteiger partial charge is 0.407 e. The summed E-state index contributed by atoms with van der Waals surface area (Å²) >= 11 is 6.10. The van der Waals surface area contributed by atoms with E-state index in [9.17, 15) is 23.4 Å². The second-order valence-electron chi connectivity index (χ2n) is 7.70. The van der Waals surface area contributed by atoms with Gasteiger partial charge in [0.2, 0.25) is 5.28 Å². The fourth-order valence-corrected chi connectivity index (χ4v) is 5.32. The number of carbonyl (C=O) groups is 1. The number of benzene rings is 1. The number of nitrogens with zero attached hydrogens (tertiary/aromatic N) is 4. The highest BCUT2D eigenvalue weighted by molar-refractivity contribution is 7.90. The summed E-state index contributed by atoms with van der Waals surface area (Å²) in [5.74, 6) is 0.315. The van der Waals surface area contributed by atoms with E-state index in [1.54, 1.807) is 18.2 Å². The van der Waals surface area contributed by atoms with E-state index in [0.29, 0.717) is 24.0 Å². The summed E-state index contributed by atoms with van der Waals surface area (Å²) in [6.07, 6.45) is 1.35. The molecule has 2 atom stereocenters. The fraction of sp³-hybridized carbons (Fsp3) is 0.350. The maximum absolute atomic E-state index is 13.2. The lowest BCUT2D eigenvalue weighted by Gasteiger charge is -2.37. The molecule has 4 rings (SSSR count). The van der Waals surface area contributed by atoms with Gasteiger partial charge in [0.15, 0.2) is 5.65 Å². The van der Waals surface area contributed by atoms with Crippen molar-refractivity contribution >= 4 is 44.6 Å². The number of carboxylic acid groups (broad SMARTS) is 1. The minimum Gasteiger partial charge on any atom is -0.465 e. The van der Waals surface area contributed by atoms with Gasteiger partial charge in [0.25, 0.3) is 10.0 Å². The highest BCUT2D eigenvalue weighted by atomic mass is 35.5. The molecule has 0 saturated carbocycles. The van der Waals surface area contributed by atoms with Crippen LogP contribution in [0.25, 0.3) is 11.0 Å². The van der Waals surface area contributed by atoms with Crippen LogP contribution in [-0.4, -0.2) is 68.8 Å². The number of nitrogens with one attached hydrogen (secondary N) is 1. The molecule has 32 heavy (non-hydrogen) atoms. The molecule has 1 fully saturated rings. The number of likely N-dealkylation sites (tertiary alicyclic amines) is 1. The second kappa shape index (κ2) is 8.57. The number of rotatable bonds is 5. The Labute approximate surface area is 189 Å². The standard InChI is InChI=1S/C20H22ClN5O5S/c1-12-2-6-15(7-3-12)32(30,31)26-9-8-16-17(23-19(21)24-18(16)26)22-13-4-5-14(11-27)25(10-13)20(28)29/h2-3,6-9,13-14,27H,4-5,10-11H2,1H3,(H,28,29)(H,22,23,24). The van der Waals surface area contributed by atoms with Crippen molar-refractivity contribution in [2.45, 2.75) is 36.7 Å². The summed E-state index contributed by atoms with van der Waals surface area (Å²) in [5.41, 5.74) is 1.05. The number of aliphatic hydroxyl groups excluding tert-OH is 1. The van der Waals surface area contributed by atoms with Gasteiger partial charge < -0.3 is 20.4 Å². The maximum Gasteiger partial charge on any atom is 0.407 e. The molecule has 0 radical (unpaired) electrons. The first-order valence-corrected chi connectivity index (χ1v) is 11.8. The Morgan fingerprint density at radius 3 is 2.59 bits per heavy atom. The molecule has 12 heteroatoms. The number of hydrogen-bond acceptors (Lipinski definition) is 7. The first kappa shape index (κ1) is 22.3. The molecule has 1 aromatic carbocycles. The molecule has 0 bridgehead atoms. The van der Waals surface area contributed by atoms with Gasteiger partial charge in [-0.2, -0.15) is 4.98 Å². The third kappa shape index (κ3) is 4.10. The SMILES string of the molecule is Cc1ccc(S(=O)(=O)n2ccc3c(NC4CCC(CO)N(C(=O)O)C4)nc(Cl)nc32)cc1. The highest BCUT2D eigenvalue weighted by Gasteiger charge is 2.32. The Morgan fingerprint density at radius 2 is 1.94 bits per heavy atom. The van der Waals surface area contributed by atoms with Crippen molar-refractivity contribution in [3.8, 4) is 0 Å². The lowest BCUT2D eigenvalue weighted by molar-refractivity contribution is 0.0741. The molecular weight excluding hydrogens is 458 g/mol. The summed E-state index contributed by atoms with van der Waals surface area (Å²) in [4.78, 5) is 21.2. The van der Waals surface area contributed by atoms with Gasteiger partial charge in [0.05, 0.1) is 22.9 Å². The lowest BCUT2D eigenvalue weighted by Crippen LogP contribution is -2.51. The lowest BCUT2D eigenvalue weighted by atomic mass is 9.99. The van der Waals surface area contributed by atoms with Crippen LogP contribution in [0.5, 0.6) is 0 Å². The predicted octanol–water partition coefficient (Wildman–Crippen LogP) is 2.55. The van der Waals surface area contributed by atoms with E-state index in [0.717, 1.165) is 9.54 Å². The number of aromatic nitrogens is 3. The van der Waals surface area contributed by atoms with Crippen molar-refractivity contribution in [3.05, 3.63) is 47.4 Å². The number of anilines is 1. The van der Waals surface area contributed by atoms with E-state index in [-0.39, 0.29) is 35.0 Å². The normalized spacial score (nSPS) is 19.3. The molecule has 3 heterocycles. The average molecular weight is 480 g/mol. The Morgan fingerprint density at radius 1 is 1.22 bits per heavy atom. The average Bonchev–Trinajstić information content (AvgIpc) is 3.18. The molecule has 1 aliphatic heterocycles. The number of aryl methyl sites for hydroxylation is 1. The largest absolute Gasteiger partial charge is 0.465 e. The van der Waals surface area contributed by atoms with Crippen molar-refractivity contribution in [3.63, 3.8) is 0 Å². The topological polar surface area (TPSA) is 138 Å². The third-order valence-electron chi connectivity index (χ3n) is 5.56. The van der Waals surface area contributed by atoms with Gasteiger partial charge in [0, 0.05) is 18.8 Å². The Hall–Kier alpha value is -2.89. The van der Waals surface area contributed by atoms with Crippen molar-refractivity contribution in [1.82, 2.24) is 18.8 Å². The van der Waals surface area contributed by atoms with Crippen LogP contribution in [0.1, 0.15) is 18.4 Å². The summed E-state index contributed by atoms with van der Waals surface area (Å²) in [5, 5.41) is 22.3. The molecule has 0 spiro atoms. The molecule has 1 amide bonds. The number of halogens is 1. The van der Waals surface area contributed by atoms with E-state index < -0.39 is 22.2 Å². The molecule has 3 aromatic rings. The molecule has 2 unspecified atom stereocenters. The molecule has 1 aliphatic rings. The molecule has 2 aromatic heterocycles. The van der Waals surface area contributed by atoms with Gasteiger partial charge in [0.1, 0.15) is 5.82 Å². The molecule has 1 saturated heterocycles. The van der Waals surface area contributed by atoms with E-state index in [4.69, 9.17) is 11.6 Å². The van der Waals surface area contributed by atoms with Gasteiger partial charge in [-0.15, -0.1) is 0 Å². The number of piperidine rings is 1. The van der Waals surface area contributed by atoms with Crippen LogP contribution in [0.3, 0.4) is 0 Å². The summed E-state index contributed by atoms with van der Waals surface area (Å²) in [6.45, 7) is 1.76. The van der Waals surface area contributed by atoms with Crippen LogP contribution in [-0.2, 0) is 10.0 Å². The number of aliphatic hydroxyl groups is 1. The van der Waals surface area contributed by atoms with Crippen molar-refractivity contribution in [1.29, 1.82) is 0 Å². The number of hydrogen-bond donors (Lipinski definition) is 3. The minimum absolute atomic E-state index is 0.115. The van der Waals surface area contributed by atoms with Crippen LogP contribution >= 0.6 is 11.6 Å². The van der Waals surface area contributed by atoms with Crippen molar-refractivity contribution in [2.75, 3.05) is 18.5 Å². The van der Waals surface area contributed by atoms with Gasteiger partial charge in [-0.3, -0.25) is 0 Å². The summed E-state index contributed by atoms with van der Waals surface area (Å²) < 4.78 is 27.4. The fourth-order valence-electron chi connectivity index (χ4n) is 3.86. The van der Waals surface area contributed by atoms with E-state index >= 15 is 0 Å². The van der Waals surface area contributed by atoms with Crippen molar-refractivity contribution in [2.24, 2.45) is 0 Å². The van der Waals surface area contributed by atoms with E-state index in [2.05, 4.69) is 15.3 Å². The van der Waals surface area contributed by atoms with Gasteiger partial charge in [-0.1, -0.05) is 17.7 Å². The zero-order valence-electron chi connectivity index (χ0n) is 17.1. The molecule has 170 valence electrons. The molecular formula is C20H22ClN5O5S. The van der Waals surface area contributed by atoms with Crippen LogP contribution in [0.15, 0.2) is 41.4 Å². The van der Waals surface area contributed by atoms with Gasteiger partial charge in [-0.05, 0) is 49.6 Å². The quantitative estimate of drug-likeness (QED) is 0.474. The van der Waals surface area contributed by atoms with Crippen LogP contribution in [0, 0.1) is 6.92 Å². The molecule has 3 N–H and O–H groups in total. The number of fused-ring (bicyclic) bond motifs is 1. The summed E-state index contributed by atoms with van der Waals surface area (Å²) in [6, 6.07) is 7.31. The maximum atomic E-state index is 13.2. The zero-order chi connectivity index (χ0) is 23.0. The first-order valence-electron chi connectivity index (χ1n) is 9.94. The monoisotopic (exact) mass is 479 g/mol. The van der Waals surface area contributed by atoms with E-state index in [1.807, 2.05) is 6.92 Å². The third-order valence-corrected chi connectivity index (χ3v) is 7.41. The van der Waals surface area contributed by atoms with Crippen LogP contribution in [0.2, 0.25) is 5.28 Å². The van der Waals surface area contributed by atoms with Gasteiger partial charge in [-0.25, -0.2) is 22.2 Å².